The number of para-hydroxylation sites is 1. The van der Waals surface area contributed by atoms with Crippen LogP contribution in [0.15, 0.2) is 53.1 Å². The van der Waals surface area contributed by atoms with Crippen LogP contribution in [0.5, 0.6) is 5.75 Å². The van der Waals surface area contributed by atoms with Crippen LogP contribution in [0, 0.1) is 19.8 Å². The summed E-state index contributed by atoms with van der Waals surface area (Å²) in [6.07, 6.45) is -0.404. The second kappa shape index (κ2) is 12.9. The molecule has 3 atom stereocenters. The van der Waals surface area contributed by atoms with Crippen LogP contribution < -0.4 is 15.4 Å². The first-order valence-electron chi connectivity index (χ1n) is 13.6. The predicted molar refractivity (Wildman–Crippen MR) is 154 cm³/mol. The molecule has 0 saturated heterocycles. The Morgan fingerprint density at radius 1 is 1.15 bits per heavy atom. The van der Waals surface area contributed by atoms with E-state index < -0.39 is 12.1 Å². The summed E-state index contributed by atoms with van der Waals surface area (Å²) in [7, 11) is 1.65. The van der Waals surface area contributed by atoms with Crippen LogP contribution in [-0.2, 0) is 11.2 Å². The molecular formula is C30H37N5O6. The van der Waals surface area contributed by atoms with Gasteiger partial charge in [0.25, 0.3) is 5.91 Å². The molecule has 0 aliphatic carbocycles. The van der Waals surface area contributed by atoms with Gasteiger partial charge in [0.2, 0.25) is 5.91 Å². The predicted octanol–water partition coefficient (Wildman–Crippen LogP) is 3.86. The van der Waals surface area contributed by atoms with Crippen molar-refractivity contribution in [1.29, 1.82) is 0 Å². The smallest absolute Gasteiger partial charge is 0.321 e. The lowest BCUT2D eigenvalue weighted by atomic mass is 9.99. The lowest BCUT2D eigenvalue weighted by molar-refractivity contribution is -0.115. The number of nitrogens with one attached hydrogen (secondary N) is 2. The third-order valence-electron chi connectivity index (χ3n) is 7.24. The van der Waals surface area contributed by atoms with Crippen molar-refractivity contribution in [3.8, 4) is 5.75 Å². The molecule has 2 heterocycles. The highest BCUT2D eigenvalue weighted by atomic mass is 16.5. The maximum atomic E-state index is 13.7. The van der Waals surface area contributed by atoms with Crippen molar-refractivity contribution < 1.29 is 28.8 Å². The molecule has 4 amide bonds. The molecule has 11 heteroatoms. The second-order valence-electron chi connectivity index (χ2n) is 10.5. The fourth-order valence-corrected chi connectivity index (χ4v) is 4.75. The maximum Gasteiger partial charge on any atom is 0.321 e. The average molecular weight is 564 g/mol. The van der Waals surface area contributed by atoms with Crippen molar-refractivity contribution in [2.75, 3.05) is 37.4 Å². The van der Waals surface area contributed by atoms with Crippen molar-refractivity contribution in [1.82, 2.24) is 15.0 Å². The number of benzene rings is 2. The summed E-state index contributed by atoms with van der Waals surface area (Å²) < 4.78 is 11.6. The quantitative estimate of drug-likeness (QED) is 0.379. The summed E-state index contributed by atoms with van der Waals surface area (Å²) in [6.45, 7) is 7.42. The van der Waals surface area contributed by atoms with E-state index in [4.69, 9.17) is 9.26 Å². The summed E-state index contributed by atoms with van der Waals surface area (Å²) in [5, 5.41) is 19.5. The second-order valence-corrected chi connectivity index (χ2v) is 10.5. The molecule has 1 aliphatic heterocycles. The Kier molecular flexibility index (Phi) is 9.28. The van der Waals surface area contributed by atoms with Gasteiger partial charge in [0.05, 0.1) is 36.9 Å². The van der Waals surface area contributed by atoms with Crippen molar-refractivity contribution in [2.24, 2.45) is 5.92 Å². The SMILES string of the molecule is Cc1noc(C)c1NC(=O)N(C)C[C@H]1Oc2c(NC(=O)Cc3ccccc3)cccc2C(=O)N([C@H](C)CO)C[C@@H]1C. The van der Waals surface area contributed by atoms with Gasteiger partial charge in [-0.25, -0.2) is 4.79 Å². The molecule has 0 unspecified atom stereocenters. The molecule has 0 saturated carbocycles. The number of rotatable bonds is 8. The number of fused-ring (bicyclic) bond motifs is 1. The molecule has 2 aromatic carbocycles. The largest absolute Gasteiger partial charge is 0.485 e. The molecule has 1 aromatic heterocycles. The highest BCUT2D eigenvalue weighted by Gasteiger charge is 2.35. The van der Waals surface area contributed by atoms with Crippen molar-refractivity contribution in [3.63, 3.8) is 0 Å². The minimum Gasteiger partial charge on any atom is -0.485 e. The first kappa shape index (κ1) is 29.6. The van der Waals surface area contributed by atoms with Crippen LogP contribution >= 0.6 is 0 Å². The van der Waals surface area contributed by atoms with E-state index >= 15 is 0 Å². The monoisotopic (exact) mass is 563 g/mol. The Balaban J connectivity index is 1.63. The van der Waals surface area contributed by atoms with Gasteiger partial charge in [-0.05, 0) is 38.5 Å². The molecule has 1 aliphatic rings. The maximum absolute atomic E-state index is 13.7. The summed E-state index contributed by atoms with van der Waals surface area (Å²) in [5.41, 5.74) is 2.55. The average Bonchev–Trinajstić information content (AvgIpc) is 3.27. The summed E-state index contributed by atoms with van der Waals surface area (Å²) in [4.78, 5) is 42.8. The molecule has 3 N–H and O–H groups in total. The van der Waals surface area contributed by atoms with Gasteiger partial charge in [0.1, 0.15) is 17.5 Å². The molecule has 0 radical (unpaired) electrons. The van der Waals surface area contributed by atoms with Crippen LogP contribution in [0.25, 0.3) is 0 Å². The van der Waals surface area contributed by atoms with E-state index in [1.54, 1.807) is 50.9 Å². The Hall–Kier alpha value is -4.38. The number of ether oxygens (including phenoxy) is 1. The Labute approximate surface area is 239 Å². The number of aliphatic hydroxyl groups excluding tert-OH is 1. The number of anilines is 2. The third-order valence-corrected chi connectivity index (χ3v) is 7.24. The number of hydrogen-bond acceptors (Lipinski definition) is 7. The van der Waals surface area contributed by atoms with Gasteiger partial charge >= 0.3 is 6.03 Å². The lowest BCUT2D eigenvalue weighted by Crippen LogP contribution is -2.50. The van der Waals surface area contributed by atoms with E-state index in [0.29, 0.717) is 29.4 Å². The Morgan fingerprint density at radius 2 is 1.88 bits per heavy atom. The number of aromatic nitrogens is 1. The number of carbonyl (C=O) groups is 3. The third kappa shape index (κ3) is 6.86. The number of likely N-dealkylation sites (N-methyl/N-ethyl adjacent to an activating group) is 1. The van der Waals surface area contributed by atoms with Crippen LogP contribution in [0.1, 0.15) is 41.2 Å². The van der Waals surface area contributed by atoms with Gasteiger partial charge in [0, 0.05) is 19.5 Å². The molecule has 41 heavy (non-hydrogen) atoms. The van der Waals surface area contributed by atoms with Gasteiger partial charge in [-0.3, -0.25) is 9.59 Å². The Morgan fingerprint density at radius 3 is 2.54 bits per heavy atom. The number of nitrogens with zero attached hydrogens (tertiary/aromatic N) is 3. The minimum atomic E-state index is -0.553. The molecule has 3 aromatic rings. The number of aliphatic hydroxyl groups is 1. The zero-order chi connectivity index (χ0) is 29.7. The molecule has 11 nitrogen and oxygen atoms in total. The highest BCUT2D eigenvalue weighted by Crippen LogP contribution is 2.35. The van der Waals surface area contributed by atoms with Gasteiger partial charge in [-0.2, -0.15) is 0 Å². The zero-order valence-corrected chi connectivity index (χ0v) is 24.0. The van der Waals surface area contributed by atoms with E-state index in [-0.39, 0.29) is 54.6 Å². The van der Waals surface area contributed by atoms with E-state index in [2.05, 4.69) is 15.8 Å². The number of urea groups is 1. The fraction of sp³-hybridized carbons (Fsp3) is 0.400. The van der Waals surface area contributed by atoms with Gasteiger partial charge in [0.15, 0.2) is 11.5 Å². The van der Waals surface area contributed by atoms with E-state index in [0.717, 1.165) is 5.56 Å². The lowest BCUT2D eigenvalue weighted by Gasteiger charge is -2.38. The van der Waals surface area contributed by atoms with Crippen LogP contribution in [-0.4, -0.2) is 76.8 Å². The molecule has 0 bridgehead atoms. The number of hydrogen-bond donors (Lipinski definition) is 3. The van der Waals surface area contributed by atoms with E-state index in [9.17, 15) is 19.5 Å². The summed E-state index contributed by atoms with van der Waals surface area (Å²) in [6, 6.07) is 13.5. The fourth-order valence-electron chi connectivity index (χ4n) is 4.75. The van der Waals surface area contributed by atoms with Gasteiger partial charge in [-0.15, -0.1) is 0 Å². The molecule has 4 rings (SSSR count). The molecular weight excluding hydrogens is 526 g/mol. The van der Waals surface area contributed by atoms with E-state index in [1.807, 2.05) is 37.3 Å². The molecule has 0 fully saturated rings. The van der Waals surface area contributed by atoms with Crippen molar-refractivity contribution in [3.05, 3.63) is 71.1 Å². The first-order valence-corrected chi connectivity index (χ1v) is 13.6. The minimum absolute atomic E-state index is 0.149. The van der Waals surface area contributed by atoms with Crippen LogP contribution in [0.2, 0.25) is 0 Å². The van der Waals surface area contributed by atoms with Gasteiger partial charge in [-0.1, -0.05) is 48.5 Å². The molecule has 218 valence electrons. The molecule has 0 spiro atoms. The van der Waals surface area contributed by atoms with Crippen molar-refractivity contribution >= 4 is 29.2 Å². The zero-order valence-electron chi connectivity index (χ0n) is 24.0. The van der Waals surface area contributed by atoms with Crippen LogP contribution in [0.3, 0.4) is 0 Å². The number of aryl methyl sites for hydroxylation is 2. The summed E-state index contributed by atoms with van der Waals surface area (Å²) in [5.74, 6) is -0.0789. The number of amides is 4. The summed E-state index contributed by atoms with van der Waals surface area (Å²) >= 11 is 0. The normalized spacial score (nSPS) is 17.5. The number of carbonyl (C=O) groups excluding carboxylic acids is 3. The Bertz CT molecular complexity index is 1370. The van der Waals surface area contributed by atoms with Gasteiger partial charge < -0.3 is 34.8 Å². The standard InChI is InChI=1S/C30H37N5O6/c1-18-15-35(19(2)17-36)29(38)23-12-9-13-24(31-26(37)14-22-10-7-6-8-11-22)28(23)40-25(18)16-34(5)30(39)32-27-20(3)33-41-21(27)4/h6-13,18-19,25,36H,14-17H2,1-5H3,(H,31,37)(H,32,39)/t18-,19+,25+/m0/s1. The first-order chi connectivity index (χ1) is 19.6. The topological polar surface area (TPSA) is 137 Å². The van der Waals surface area contributed by atoms with Crippen molar-refractivity contribution in [2.45, 2.75) is 46.3 Å². The van der Waals surface area contributed by atoms with E-state index in [1.165, 1.54) is 4.90 Å². The highest BCUT2D eigenvalue weighted by molar-refractivity contribution is 6.02. The van der Waals surface area contributed by atoms with Crippen LogP contribution in [0.4, 0.5) is 16.2 Å².